The molecule has 1 fully saturated rings. The number of ketones is 1. The van der Waals surface area contributed by atoms with Gasteiger partial charge in [0.15, 0.2) is 5.78 Å². The summed E-state index contributed by atoms with van der Waals surface area (Å²) >= 11 is 0. The zero-order valence-electron chi connectivity index (χ0n) is 9.16. The van der Waals surface area contributed by atoms with Gasteiger partial charge in [-0.2, -0.15) is 0 Å². The lowest BCUT2D eigenvalue weighted by molar-refractivity contribution is -0.129. The van der Waals surface area contributed by atoms with E-state index in [1.165, 1.54) is 0 Å². The van der Waals surface area contributed by atoms with Crippen molar-refractivity contribution in [1.82, 2.24) is 0 Å². The van der Waals surface area contributed by atoms with Crippen LogP contribution in [0.1, 0.15) is 39.5 Å². The minimum Gasteiger partial charge on any atom is -0.366 e. The SMILES string of the molecule is CC(C)CCC(=O)C1CCC(CN)O1. The molecule has 2 atom stereocenters. The van der Waals surface area contributed by atoms with E-state index in [4.69, 9.17) is 10.5 Å². The Morgan fingerprint density at radius 1 is 1.50 bits per heavy atom. The predicted molar refractivity (Wildman–Crippen MR) is 56.0 cm³/mol. The average molecular weight is 199 g/mol. The Morgan fingerprint density at radius 3 is 2.71 bits per heavy atom. The van der Waals surface area contributed by atoms with Gasteiger partial charge in [-0.1, -0.05) is 13.8 Å². The number of hydrogen-bond acceptors (Lipinski definition) is 3. The van der Waals surface area contributed by atoms with Gasteiger partial charge in [0.2, 0.25) is 0 Å². The van der Waals surface area contributed by atoms with Crippen molar-refractivity contribution in [2.75, 3.05) is 6.54 Å². The van der Waals surface area contributed by atoms with Crippen LogP contribution in [0, 0.1) is 5.92 Å². The first-order valence-electron chi connectivity index (χ1n) is 5.51. The molecule has 3 nitrogen and oxygen atoms in total. The van der Waals surface area contributed by atoms with E-state index >= 15 is 0 Å². The summed E-state index contributed by atoms with van der Waals surface area (Å²) in [7, 11) is 0. The summed E-state index contributed by atoms with van der Waals surface area (Å²) in [4.78, 5) is 11.6. The molecule has 0 amide bonds. The Bertz CT molecular complexity index is 192. The molecule has 0 bridgehead atoms. The number of hydrogen-bond donors (Lipinski definition) is 1. The molecule has 0 saturated carbocycles. The van der Waals surface area contributed by atoms with Crippen LogP contribution in [-0.4, -0.2) is 24.5 Å². The van der Waals surface area contributed by atoms with Crippen LogP contribution in [0.3, 0.4) is 0 Å². The van der Waals surface area contributed by atoms with Crippen molar-refractivity contribution >= 4 is 5.78 Å². The summed E-state index contributed by atoms with van der Waals surface area (Å²) < 4.78 is 5.53. The third-order valence-electron chi connectivity index (χ3n) is 2.70. The largest absolute Gasteiger partial charge is 0.366 e. The Kier molecular flexibility index (Phi) is 4.55. The van der Waals surface area contributed by atoms with E-state index in [2.05, 4.69) is 13.8 Å². The first-order valence-corrected chi connectivity index (χ1v) is 5.51. The van der Waals surface area contributed by atoms with Gasteiger partial charge in [0.05, 0.1) is 6.10 Å². The topological polar surface area (TPSA) is 52.3 Å². The van der Waals surface area contributed by atoms with Gasteiger partial charge in [0.1, 0.15) is 6.10 Å². The number of ether oxygens (including phenoxy) is 1. The van der Waals surface area contributed by atoms with E-state index < -0.39 is 0 Å². The Labute approximate surface area is 86.0 Å². The molecule has 0 aromatic heterocycles. The number of carbonyl (C=O) groups excluding carboxylic acids is 1. The molecule has 1 saturated heterocycles. The van der Waals surface area contributed by atoms with E-state index in [0.29, 0.717) is 18.9 Å². The highest BCUT2D eigenvalue weighted by Gasteiger charge is 2.29. The van der Waals surface area contributed by atoms with Crippen LogP contribution >= 0.6 is 0 Å². The van der Waals surface area contributed by atoms with E-state index in [9.17, 15) is 4.79 Å². The van der Waals surface area contributed by atoms with Crippen LogP contribution in [0.15, 0.2) is 0 Å². The first-order chi connectivity index (χ1) is 6.63. The van der Waals surface area contributed by atoms with Gasteiger partial charge in [0.25, 0.3) is 0 Å². The first kappa shape index (κ1) is 11.7. The van der Waals surface area contributed by atoms with Gasteiger partial charge in [-0.05, 0) is 25.2 Å². The molecule has 0 spiro atoms. The maximum absolute atomic E-state index is 11.6. The van der Waals surface area contributed by atoms with Crippen molar-refractivity contribution in [2.45, 2.75) is 51.7 Å². The molecule has 1 aliphatic rings. The van der Waals surface area contributed by atoms with Crippen molar-refractivity contribution in [3.63, 3.8) is 0 Å². The maximum Gasteiger partial charge on any atom is 0.161 e. The van der Waals surface area contributed by atoms with Crippen LogP contribution in [0.2, 0.25) is 0 Å². The summed E-state index contributed by atoms with van der Waals surface area (Å²) in [5, 5.41) is 0. The molecule has 1 aliphatic heterocycles. The molecule has 0 radical (unpaired) electrons. The van der Waals surface area contributed by atoms with E-state index in [-0.39, 0.29) is 18.0 Å². The second kappa shape index (κ2) is 5.47. The quantitative estimate of drug-likeness (QED) is 0.730. The minimum atomic E-state index is -0.165. The lowest BCUT2D eigenvalue weighted by Crippen LogP contribution is -2.25. The lowest BCUT2D eigenvalue weighted by Gasteiger charge is -2.11. The van der Waals surface area contributed by atoms with Crippen LogP contribution in [0.4, 0.5) is 0 Å². The summed E-state index contributed by atoms with van der Waals surface area (Å²) in [6.45, 7) is 4.80. The van der Waals surface area contributed by atoms with Crippen molar-refractivity contribution in [3.05, 3.63) is 0 Å². The summed E-state index contributed by atoms with van der Waals surface area (Å²) in [5.41, 5.74) is 5.48. The fraction of sp³-hybridized carbons (Fsp3) is 0.909. The molecule has 0 aliphatic carbocycles. The van der Waals surface area contributed by atoms with Gasteiger partial charge < -0.3 is 10.5 Å². The normalized spacial score (nSPS) is 27.1. The number of carbonyl (C=O) groups is 1. The van der Waals surface area contributed by atoms with Crippen molar-refractivity contribution < 1.29 is 9.53 Å². The van der Waals surface area contributed by atoms with E-state index in [1.54, 1.807) is 0 Å². The predicted octanol–water partition coefficient (Wildman–Crippen LogP) is 1.50. The molecule has 2 N–H and O–H groups in total. The Balaban J connectivity index is 2.25. The zero-order valence-corrected chi connectivity index (χ0v) is 9.16. The van der Waals surface area contributed by atoms with E-state index in [0.717, 1.165) is 19.3 Å². The van der Waals surface area contributed by atoms with Gasteiger partial charge in [0, 0.05) is 13.0 Å². The van der Waals surface area contributed by atoms with Gasteiger partial charge >= 0.3 is 0 Å². The second-order valence-electron chi connectivity index (χ2n) is 4.46. The number of Topliss-reactive ketones (excluding diaryl/α,β-unsaturated/α-hetero) is 1. The fourth-order valence-electron chi connectivity index (χ4n) is 1.71. The third kappa shape index (κ3) is 3.39. The number of rotatable bonds is 5. The van der Waals surface area contributed by atoms with Gasteiger partial charge in [-0.15, -0.1) is 0 Å². The lowest BCUT2D eigenvalue weighted by atomic mass is 10.0. The Hall–Kier alpha value is -0.410. The molecule has 3 heteroatoms. The molecule has 14 heavy (non-hydrogen) atoms. The molecule has 82 valence electrons. The molecule has 1 rings (SSSR count). The summed E-state index contributed by atoms with van der Waals surface area (Å²) in [5.74, 6) is 0.848. The molecule has 0 aromatic carbocycles. The monoisotopic (exact) mass is 199 g/mol. The third-order valence-corrected chi connectivity index (χ3v) is 2.70. The summed E-state index contributed by atoms with van der Waals surface area (Å²) in [6, 6.07) is 0. The van der Waals surface area contributed by atoms with Gasteiger partial charge in [-0.3, -0.25) is 4.79 Å². The van der Waals surface area contributed by atoms with Crippen LogP contribution in [0.5, 0.6) is 0 Å². The second-order valence-corrected chi connectivity index (χ2v) is 4.46. The zero-order chi connectivity index (χ0) is 10.6. The highest BCUT2D eigenvalue weighted by Crippen LogP contribution is 2.21. The van der Waals surface area contributed by atoms with Crippen molar-refractivity contribution in [2.24, 2.45) is 11.7 Å². The fourth-order valence-corrected chi connectivity index (χ4v) is 1.71. The molecule has 0 aromatic rings. The van der Waals surface area contributed by atoms with Crippen LogP contribution in [0.25, 0.3) is 0 Å². The van der Waals surface area contributed by atoms with Crippen LogP contribution < -0.4 is 5.73 Å². The number of nitrogens with two attached hydrogens (primary N) is 1. The molecule has 2 unspecified atom stereocenters. The molecule has 1 heterocycles. The minimum absolute atomic E-state index is 0.114. The summed E-state index contributed by atoms with van der Waals surface area (Å²) in [6.07, 6.45) is 3.37. The highest BCUT2D eigenvalue weighted by molar-refractivity contribution is 5.83. The van der Waals surface area contributed by atoms with Crippen molar-refractivity contribution in [1.29, 1.82) is 0 Å². The Morgan fingerprint density at radius 2 is 2.21 bits per heavy atom. The maximum atomic E-state index is 11.6. The average Bonchev–Trinajstić information content (AvgIpc) is 2.62. The van der Waals surface area contributed by atoms with Crippen LogP contribution in [-0.2, 0) is 9.53 Å². The molecular formula is C11H21NO2. The van der Waals surface area contributed by atoms with Gasteiger partial charge in [-0.25, -0.2) is 0 Å². The molecular weight excluding hydrogens is 178 g/mol. The van der Waals surface area contributed by atoms with E-state index in [1.807, 2.05) is 0 Å². The highest BCUT2D eigenvalue weighted by atomic mass is 16.5. The van der Waals surface area contributed by atoms with Crippen molar-refractivity contribution in [3.8, 4) is 0 Å². The standard InChI is InChI=1S/C11H21NO2/c1-8(2)3-5-10(13)11-6-4-9(7-12)14-11/h8-9,11H,3-7,12H2,1-2H3. The smallest absolute Gasteiger partial charge is 0.161 e.